The number of hydrogen-bond acceptors (Lipinski definition) is 4. The first-order chi connectivity index (χ1) is 24.1. The molecule has 4 heteroatoms. The molecular weight excluding hydrogens is 601 g/mol. The summed E-state index contributed by atoms with van der Waals surface area (Å²) in [6.45, 7) is 4.63. The number of fused-ring (bicyclic) bond motifs is 7. The van der Waals surface area contributed by atoms with Gasteiger partial charge in [-0.05, 0) is 70.8 Å². The van der Waals surface area contributed by atoms with E-state index in [1.54, 1.807) is 0 Å². The molecule has 0 atom stereocenters. The molecule has 8 aromatic rings. The van der Waals surface area contributed by atoms with Crippen LogP contribution in [-0.4, -0.2) is 0 Å². The highest BCUT2D eigenvalue weighted by molar-refractivity contribution is 6.11. The Labute approximate surface area is 285 Å². The minimum absolute atomic E-state index is 0.244. The predicted molar refractivity (Wildman–Crippen MR) is 201 cm³/mol. The highest BCUT2D eigenvalue weighted by atomic mass is 16.5. The number of para-hydroxylation sites is 5. The Morgan fingerprint density at radius 3 is 2.08 bits per heavy atom. The summed E-state index contributed by atoms with van der Waals surface area (Å²) in [5, 5.41) is 2.17. The second kappa shape index (κ2) is 10.4. The number of rotatable bonds is 4. The third kappa shape index (κ3) is 4.04. The number of anilines is 6. The third-order valence-electron chi connectivity index (χ3n) is 10.2. The Kier molecular flexibility index (Phi) is 5.89. The number of furan rings is 1. The van der Waals surface area contributed by atoms with E-state index in [0.717, 1.165) is 67.4 Å². The fourth-order valence-electron chi connectivity index (χ4n) is 7.86. The van der Waals surface area contributed by atoms with E-state index in [2.05, 4.69) is 163 Å². The number of nitrogens with zero attached hydrogens (tertiary/aromatic N) is 2. The first kappa shape index (κ1) is 27.8. The van der Waals surface area contributed by atoms with Crippen LogP contribution in [0.4, 0.5) is 34.1 Å². The Bertz CT molecular complexity index is 2570. The van der Waals surface area contributed by atoms with Crippen molar-refractivity contribution in [1.29, 1.82) is 0 Å². The molecule has 0 radical (unpaired) electrons. The summed E-state index contributed by atoms with van der Waals surface area (Å²) in [6.07, 6.45) is 0. The zero-order valence-corrected chi connectivity index (χ0v) is 27.2. The maximum atomic E-state index is 7.04. The Balaban J connectivity index is 1.26. The molecule has 0 saturated carbocycles. The zero-order valence-electron chi connectivity index (χ0n) is 27.2. The van der Waals surface area contributed by atoms with Gasteiger partial charge in [-0.25, -0.2) is 0 Å². The van der Waals surface area contributed by atoms with Gasteiger partial charge < -0.3 is 19.0 Å². The number of ether oxygens (including phenoxy) is 1. The summed E-state index contributed by atoms with van der Waals surface area (Å²) >= 11 is 0. The summed E-state index contributed by atoms with van der Waals surface area (Å²) in [5.74, 6) is 1.64. The van der Waals surface area contributed by atoms with E-state index in [-0.39, 0.29) is 5.41 Å². The normalized spacial score (nSPS) is 13.8. The van der Waals surface area contributed by atoms with Crippen molar-refractivity contribution in [2.75, 3.05) is 9.80 Å². The molecule has 7 aromatic carbocycles. The van der Waals surface area contributed by atoms with Gasteiger partial charge in [0.1, 0.15) is 5.58 Å². The molecule has 3 heterocycles. The minimum atomic E-state index is -0.244. The quantitative estimate of drug-likeness (QED) is 0.193. The summed E-state index contributed by atoms with van der Waals surface area (Å²) in [4.78, 5) is 4.70. The monoisotopic (exact) mass is 632 g/mol. The van der Waals surface area contributed by atoms with Gasteiger partial charge in [-0.1, -0.05) is 123 Å². The molecule has 2 aliphatic heterocycles. The number of hydrogen-bond donors (Lipinski definition) is 0. The Morgan fingerprint density at radius 2 is 1.22 bits per heavy atom. The van der Waals surface area contributed by atoms with Crippen LogP contribution >= 0.6 is 0 Å². The summed E-state index contributed by atoms with van der Waals surface area (Å²) in [5.41, 5.74) is 12.5. The van der Waals surface area contributed by atoms with Gasteiger partial charge in [0.15, 0.2) is 17.1 Å². The molecule has 0 N–H and O–H groups in total. The molecule has 10 rings (SSSR count). The molecule has 2 aliphatic rings. The van der Waals surface area contributed by atoms with Gasteiger partial charge in [0.25, 0.3) is 0 Å². The average molecular weight is 633 g/mol. The van der Waals surface area contributed by atoms with E-state index >= 15 is 0 Å². The van der Waals surface area contributed by atoms with E-state index in [4.69, 9.17) is 9.15 Å². The fraction of sp³-hybridized carbons (Fsp3) is 0.0667. The van der Waals surface area contributed by atoms with Crippen LogP contribution in [-0.2, 0) is 5.41 Å². The standard InChI is InChI=1S/C45H32N2O2/c1-45(2)34-17-7-8-18-36(34)47-37-19-9-11-22-41(37)49-44-39(28-27-35(45)42(44)47)46(31-25-23-30(24-26-31)29-13-4-3-5-14-29)38-20-12-16-33-32-15-6-10-21-40(32)48-43(33)38/h3-28H,1-2H3. The summed E-state index contributed by atoms with van der Waals surface area (Å²) in [6, 6.07) is 55.6. The lowest BCUT2D eigenvalue weighted by Crippen LogP contribution is -2.32. The highest BCUT2D eigenvalue weighted by Crippen LogP contribution is 2.63. The van der Waals surface area contributed by atoms with E-state index in [9.17, 15) is 0 Å². The van der Waals surface area contributed by atoms with Gasteiger partial charge in [0.2, 0.25) is 0 Å². The van der Waals surface area contributed by atoms with E-state index in [0.29, 0.717) is 0 Å². The molecule has 0 fully saturated rings. The van der Waals surface area contributed by atoms with Gasteiger partial charge >= 0.3 is 0 Å². The molecule has 0 unspecified atom stereocenters. The maximum absolute atomic E-state index is 7.04. The second-order valence-corrected chi connectivity index (χ2v) is 13.4. The lowest BCUT2D eigenvalue weighted by atomic mass is 9.73. The first-order valence-corrected chi connectivity index (χ1v) is 16.8. The van der Waals surface area contributed by atoms with Crippen molar-refractivity contribution in [3.8, 4) is 22.6 Å². The van der Waals surface area contributed by atoms with E-state index in [1.165, 1.54) is 22.4 Å². The second-order valence-electron chi connectivity index (χ2n) is 13.4. The first-order valence-electron chi connectivity index (χ1n) is 16.8. The van der Waals surface area contributed by atoms with Crippen molar-refractivity contribution in [1.82, 2.24) is 0 Å². The summed E-state index contributed by atoms with van der Waals surface area (Å²) in [7, 11) is 0. The highest BCUT2D eigenvalue weighted by Gasteiger charge is 2.43. The van der Waals surface area contributed by atoms with Crippen molar-refractivity contribution in [3.05, 3.63) is 169 Å². The van der Waals surface area contributed by atoms with Gasteiger partial charge in [0.05, 0.1) is 28.4 Å². The topological polar surface area (TPSA) is 28.9 Å². The van der Waals surface area contributed by atoms with E-state index in [1.807, 2.05) is 18.2 Å². The van der Waals surface area contributed by atoms with Crippen molar-refractivity contribution >= 4 is 56.1 Å². The van der Waals surface area contributed by atoms with Crippen LogP contribution in [0.15, 0.2) is 162 Å². The third-order valence-corrected chi connectivity index (χ3v) is 10.2. The molecular formula is C45H32N2O2. The molecule has 1 aromatic heterocycles. The van der Waals surface area contributed by atoms with Crippen LogP contribution < -0.4 is 14.5 Å². The van der Waals surface area contributed by atoms with Gasteiger partial charge in [-0.2, -0.15) is 0 Å². The molecule has 0 amide bonds. The predicted octanol–water partition coefficient (Wildman–Crippen LogP) is 12.9. The molecule has 0 spiro atoms. The summed E-state index contributed by atoms with van der Waals surface area (Å²) < 4.78 is 13.7. The molecule has 0 aliphatic carbocycles. The number of benzene rings is 7. The van der Waals surface area contributed by atoms with Crippen molar-refractivity contribution in [3.63, 3.8) is 0 Å². The smallest absolute Gasteiger partial charge is 0.175 e. The molecule has 49 heavy (non-hydrogen) atoms. The van der Waals surface area contributed by atoms with Crippen LogP contribution in [0.5, 0.6) is 11.5 Å². The van der Waals surface area contributed by atoms with Crippen molar-refractivity contribution in [2.45, 2.75) is 19.3 Å². The molecule has 0 bridgehead atoms. The molecule has 234 valence electrons. The van der Waals surface area contributed by atoms with Crippen LogP contribution in [0, 0.1) is 0 Å². The zero-order chi connectivity index (χ0) is 32.7. The lowest BCUT2D eigenvalue weighted by Gasteiger charge is -2.45. The van der Waals surface area contributed by atoms with Gasteiger partial charge in [0, 0.05) is 21.9 Å². The van der Waals surface area contributed by atoms with Crippen LogP contribution in [0.2, 0.25) is 0 Å². The van der Waals surface area contributed by atoms with Crippen molar-refractivity contribution in [2.24, 2.45) is 0 Å². The maximum Gasteiger partial charge on any atom is 0.175 e. The fourth-order valence-corrected chi connectivity index (χ4v) is 7.86. The SMILES string of the molecule is CC1(C)c2ccccc2N2c3ccccc3Oc3c(N(c4ccc(-c5ccccc5)cc4)c4cccc5c4oc4ccccc45)ccc1c32. The van der Waals surface area contributed by atoms with Crippen LogP contribution in [0.25, 0.3) is 33.1 Å². The molecule has 4 nitrogen and oxygen atoms in total. The Morgan fingerprint density at radius 1 is 0.531 bits per heavy atom. The molecule has 0 saturated heterocycles. The average Bonchev–Trinajstić information content (AvgIpc) is 3.54. The van der Waals surface area contributed by atoms with Crippen LogP contribution in [0.1, 0.15) is 25.0 Å². The van der Waals surface area contributed by atoms with Gasteiger partial charge in [-0.3, -0.25) is 0 Å². The van der Waals surface area contributed by atoms with E-state index < -0.39 is 0 Å². The van der Waals surface area contributed by atoms with Gasteiger partial charge in [-0.15, -0.1) is 0 Å². The Hall–Kier alpha value is -6.26. The minimum Gasteiger partial charge on any atom is -0.454 e. The lowest BCUT2D eigenvalue weighted by molar-refractivity contribution is 0.472. The van der Waals surface area contributed by atoms with Crippen molar-refractivity contribution < 1.29 is 9.15 Å². The largest absolute Gasteiger partial charge is 0.454 e. The van der Waals surface area contributed by atoms with Crippen LogP contribution in [0.3, 0.4) is 0 Å².